The quantitative estimate of drug-likeness (QED) is 0.810. The molecule has 2 saturated heterocycles. The summed E-state index contributed by atoms with van der Waals surface area (Å²) in [5.41, 5.74) is -0.670. The Balaban J connectivity index is 1.78. The predicted molar refractivity (Wildman–Crippen MR) is 72.9 cm³/mol. The second kappa shape index (κ2) is 5.77. The van der Waals surface area contributed by atoms with Crippen LogP contribution in [0.5, 0.6) is 0 Å². The number of aliphatic hydroxyl groups is 1. The van der Waals surface area contributed by atoms with Crippen molar-refractivity contribution in [3.05, 3.63) is 0 Å². The van der Waals surface area contributed by atoms with Crippen LogP contribution in [0.2, 0.25) is 0 Å². The summed E-state index contributed by atoms with van der Waals surface area (Å²) < 4.78 is 5.64. The fraction of sp³-hybridized carbons (Fsp3) is 0.929. The Morgan fingerprint density at radius 2 is 1.89 bits per heavy atom. The molecule has 2 atom stereocenters. The van der Waals surface area contributed by atoms with Crippen LogP contribution in [0.4, 0.5) is 0 Å². The van der Waals surface area contributed by atoms with Crippen LogP contribution in [0.25, 0.3) is 0 Å². The zero-order valence-corrected chi connectivity index (χ0v) is 12.3. The van der Waals surface area contributed by atoms with E-state index in [0.717, 1.165) is 39.0 Å². The smallest absolute Gasteiger partial charge is 0.251 e. The van der Waals surface area contributed by atoms with E-state index in [-0.39, 0.29) is 18.1 Å². The highest BCUT2D eigenvalue weighted by Crippen LogP contribution is 2.21. The fourth-order valence-electron chi connectivity index (χ4n) is 2.86. The highest BCUT2D eigenvalue weighted by molar-refractivity contribution is 5.81. The van der Waals surface area contributed by atoms with E-state index >= 15 is 0 Å². The fourth-order valence-corrected chi connectivity index (χ4v) is 2.86. The molecule has 1 N–H and O–H groups in total. The number of carbonyl (C=O) groups excluding carboxylic acids is 1. The number of nitrogens with zero attached hydrogens (tertiary/aromatic N) is 2. The molecule has 2 aliphatic heterocycles. The number of ether oxygens (including phenoxy) is 1. The lowest BCUT2D eigenvalue weighted by atomic mass is 10.1. The normalized spacial score (nSPS) is 29.8. The summed E-state index contributed by atoms with van der Waals surface area (Å²) >= 11 is 0. The number of hydrogen-bond acceptors (Lipinski definition) is 4. The lowest BCUT2D eigenvalue weighted by Gasteiger charge is -2.38. The molecule has 5 nitrogen and oxygen atoms in total. The van der Waals surface area contributed by atoms with Crippen LogP contribution in [0.1, 0.15) is 33.6 Å². The number of carbonyl (C=O) groups is 1. The molecule has 0 aromatic carbocycles. The largest absolute Gasteiger partial charge is 0.389 e. The predicted octanol–water partition coefficient (Wildman–Crippen LogP) is 0.469. The molecule has 2 rings (SSSR count). The molecule has 0 aromatic heterocycles. The van der Waals surface area contributed by atoms with Crippen molar-refractivity contribution in [2.24, 2.45) is 0 Å². The maximum Gasteiger partial charge on any atom is 0.251 e. The molecule has 1 amide bonds. The molecule has 5 heteroatoms. The van der Waals surface area contributed by atoms with Crippen molar-refractivity contribution in [3.8, 4) is 0 Å². The van der Waals surface area contributed by atoms with Crippen LogP contribution in [0.3, 0.4) is 0 Å². The Labute approximate surface area is 115 Å². The summed E-state index contributed by atoms with van der Waals surface area (Å²) in [6.45, 7) is 9.46. The summed E-state index contributed by atoms with van der Waals surface area (Å²) in [7, 11) is 0. The average Bonchev–Trinajstić information content (AvgIpc) is 2.74. The monoisotopic (exact) mass is 270 g/mol. The van der Waals surface area contributed by atoms with E-state index in [0.29, 0.717) is 6.54 Å². The molecule has 2 aliphatic rings. The molecule has 2 heterocycles. The zero-order valence-electron chi connectivity index (χ0n) is 12.3. The second-order valence-corrected chi connectivity index (χ2v) is 6.43. The minimum absolute atomic E-state index is 0.146. The Bertz CT molecular complexity index is 319. The molecule has 2 unspecified atom stereocenters. The Hall–Kier alpha value is -0.650. The second-order valence-electron chi connectivity index (χ2n) is 6.43. The molecular weight excluding hydrogens is 244 g/mol. The highest BCUT2D eigenvalue weighted by Gasteiger charge is 2.33. The number of amides is 1. The summed E-state index contributed by atoms with van der Waals surface area (Å²) in [5, 5.41) is 9.80. The first-order valence-electron chi connectivity index (χ1n) is 7.24. The SMILES string of the molecule is CC1CCC(C(=O)N2CCN(CC(C)(C)O)CC2)O1. The van der Waals surface area contributed by atoms with Gasteiger partial charge in [-0.1, -0.05) is 0 Å². The van der Waals surface area contributed by atoms with Crippen LogP contribution in [-0.2, 0) is 9.53 Å². The molecular formula is C14H26N2O3. The van der Waals surface area contributed by atoms with Gasteiger partial charge in [0.25, 0.3) is 5.91 Å². The van der Waals surface area contributed by atoms with Crippen LogP contribution in [-0.4, -0.2) is 71.3 Å². The van der Waals surface area contributed by atoms with Crippen LogP contribution >= 0.6 is 0 Å². The van der Waals surface area contributed by atoms with Gasteiger partial charge in [0.2, 0.25) is 0 Å². The van der Waals surface area contributed by atoms with Crippen LogP contribution < -0.4 is 0 Å². The van der Waals surface area contributed by atoms with Gasteiger partial charge in [-0.15, -0.1) is 0 Å². The van der Waals surface area contributed by atoms with Gasteiger partial charge < -0.3 is 14.7 Å². The first-order chi connectivity index (χ1) is 8.85. The highest BCUT2D eigenvalue weighted by atomic mass is 16.5. The topological polar surface area (TPSA) is 53.0 Å². The van der Waals surface area contributed by atoms with Crippen molar-refractivity contribution in [2.45, 2.75) is 51.4 Å². The Morgan fingerprint density at radius 1 is 1.26 bits per heavy atom. The molecule has 0 aliphatic carbocycles. The molecule has 110 valence electrons. The van der Waals surface area contributed by atoms with E-state index in [2.05, 4.69) is 4.90 Å². The van der Waals surface area contributed by atoms with Gasteiger partial charge in [-0.05, 0) is 33.6 Å². The van der Waals surface area contributed by atoms with Gasteiger partial charge in [-0.2, -0.15) is 0 Å². The van der Waals surface area contributed by atoms with Crippen LogP contribution in [0, 0.1) is 0 Å². The van der Waals surface area contributed by atoms with Gasteiger partial charge in [-0.3, -0.25) is 9.69 Å². The van der Waals surface area contributed by atoms with Crippen molar-refractivity contribution >= 4 is 5.91 Å². The van der Waals surface area contributed by atoms with Crippen molar-refractivity contribution in [3.63, 3.8) is 0 Å². The summed E-state index contributed by atoms with van der Waals surface area (Å²) in [6, 6.07) is 0. The minimum atomic E-state index is -0.670. The number of hydrogen-bond donors (Lipinski definition) is 1. The van der Waals surface area contributed by atoms with E-state index in [1.165, 1.54) is 0 Å². The molecule has 0 spiro atoms. The maximum atomic E-state index is 12.3. The van der Waals surface area contributed by atoms with Crippen molar-refractivity contribution in [2.75, 3.05) is 32.7 Å². The number of β-amino-alcohol motifs (C(OH)–C–C–N with tert-alkyl or cyclic N) is 1. The molecule has 19 heavy (non-hydrogen) atoms. The molecule has 0 aromatic rings. The molecule has 2 fully saturated rings. The number of rotatable bonds is 3. The van der Waals surface area contributed by atoms with Gasteiger partial charge in [-0.25, -0.2) is 0 Å². The zero-order chi connectivity index (χ0) is 14.0. The van der Waals surface area contributed by atoms with Gasteiger partial charge in [0.15, 0.2) is 0 Å². The lowest BCUT2D eigenvalue weighted by molar-refractivity contribution is -0.144. The van der Waals surface area contributed by atoms with Gasteiger partial charge in [0.1, 0.15) is 6.10 Å². The van der Waals surface area contributed by atoms with Crippen LogP contribution in [0.15, 0.2) is 0 Å². The van der Waals surface area contributed by atoms with Crippen molar-refractivity contribution in [1.82, 2.24) is 9.80 Å². The van der Waals surface area contributed by atoms with E-state index in [9.17, 15) is 9.90 Å². The van der Waals surface area contributed by atoms with Crippen molar-refractivity contribution < 1.29 is 14.6 Å². The number of piperazine rings is 1. The molecule has 0 saturated carbocycles. The minimum Gasteiger partial charge on any atom is -0.389 e. The standard InChI is InChI=1S/C14H26N2O3/c1-11-4-5-12(19-11)13(17)16-8-6-15(7-9-16)10-14(2,3)18/h11-12,18H,4-10H2,1-3H3. The first-order valence-corrected chi connectivity index (χ1v) is 7.24. The van der Waals surface area contributed by atoms with Gasteiger partial charge in [0.05, 0.1) is 11.7 Å². The third kappa shape index (κ3) is 4.16. The third-order valence-corrected chi connectivity index (χ3v) is 3.80. The summed E-state index contributed by atoms with van der Waals surface area (Å²) in [4.78, 5) is 16.4. The summed E-state index contributed by atoms with van der Waals surface area (Å²) in [5.74, 6) is 0.146. The van der Waals surface area contributed by atoms with E-state index in [1.807, 2.05) is 25.7 Å². The Kier molecular flexibility index (Phi) is 4.48. The Morgan fingerprint density at radius 3 is 2.37 bits per heavy atom. The molecule has 0 radical (unpaired) electrons. The third-order valence-electron chi connectivity index (χ3n) is 3.80. The van der Waals surface area contributed by atoms with Gasteiger partial charge in [0, 0.05) is 32.7 Å². The average molecular weight is 270 g/mol. The lowest BCUT2D eigenvalue weighted by Crippen LogP contribution is -2.53. The van der Waals surface area contributed by atoms with Gasteiger partial charge >= 0.3 is 0 Å². The van der Waals surface area contributed by atoms with E-state index in [4.69, 9.17) is 4.74 Å². The maximum absolute atomic E-state index is 12.3. The van der Waals surface area contributed by atoms with Crippen molar-refractivity contribution in [1.29, 1.82) is 0 Å². The first kappa shape index (κ1) is 14.8. The van der Waals surface area contributed by atoms with E-state index in [1.54, 1.807) is 0 Å². The summed E-state index contributed by atoms with van der Waals surface area (Å²) in [6.07, 6.45) is 1.82. The molecule has 0 bridgehead atoms. The van der Waals surface area contributed by atoms with E-state index < -0.39 is 5.60 Å².